The highest BCUT2D eigenvalue weighted by atomic mass is 16.3. The zero-order chi connectivity index (χ0) is 17.8. The SMILES string of the molecule is CCN(CC(=O)NC(C)(C)C)Cc1cc(C(C)C)c(C)cc1O. The molecule has 0 bridgehead atoms. The second-order valence-electron chi connectivity index (χ2n) is 7.59. The van der Waals surface area contributed by atoms with Crippen molar-refractivity contribution in [2.45, 2.75) is 66.5 Å². The van der Waals surface area contributed by atoms with Crippen LogP contribution < -0.4 is 5.32 Å². The molecule has 0 spiro atoms. The molecule has 0 saturated carbocycles. The second kappa shape index (κ2) is 7.82. The summed E-state index contributed by atoms with van der Waals surface area (Å²) in [7, 11) is 0. The molecule has 0 saturated heterocycles. The van der Waals surface area contributed by atoms with E-state index in [0.29, 0.717) is 24.8 Å². The number of nitrogens with zero attached hydrogens (tertiary/aromatic N) is 1. The Morgan fingerprint density at radius 3 is 2.39 bits per heavy atom. The van der Waals surface area contributed by atoms with Gasteiger partial charge in [0.15, 0.2) is 0 Å². The lowest BCUT2D eigenvalue weighted by molar-refractivity contribution is -0.123. The Morgan fingerprint density at radius 2 is 1.91 bits per heavy atom. The molecule has 0 aliphatic carbocycles. The summed E-state index contributed by atoms with van der Waals surface area (Å²) in [6.07, 6.45) is 0. The van der Waals surface area contributed by atoms with Crippen LogP contribution in [0.2, 0.25) is 0 Å². The molecule has 130 valence electrons. The quantitative estimate of drug-likeness (QED) is 0.842. The van der Waals surface area contributed by atoms with E-state index < -0.39 is 0 Å². The fraction of sp³-hybridized carbons (Fsp3) is 0.632. The van der Waals surface area contributed by atoms with Crippen LogP contribution in [0.3, 0.4) is 0 Å². The summed E-state index contributed by atoms with van der Waals surface area (Å²) in [6.45, 7) is 15.9. The lowest BCUT2D eigenvalue weighted by atomic mass is 9.95. The highest BCUT2D eigenvalue weighted by molar-refractivity contribution is 5.78. The summed E-state index contributed by atoms with van der Waals surface area (Å²) in [6, 6.07) is 3.90. The second-order valence-corrected chi connectivity index (χ2v) is 7.59. The molecule has 1 rings (SSSR count). The normalized spacial score (nSPS) is 12.0. The number of aryl methyl sites for hydroxylation is 1. The predicted molar refractivity (Wildman–Crippen MR) is 95.8 cm³/mol. The highest BCUT2D eigenvalue weighted by Crippen LogP contribution is 2.28. The Hall–Kier alpha value is -1.55. The third-order valence-corrected chi connectivity index (χ3v) is 3.81. The van der Waals surface area contributed by atoms with Gasteiger partial charge in [0.25, 0.3) is 0 Å². The molecule has 1 aromatic rings. The van der Waals surface area contributed by atoms with Crippen LogP contribution in [0.15, 0.2) is 12.1 Å². The molecule has 0 unspecified atom stereocenters. The molecule has 0 atom stereocenters. The van der Waals surface area contributed by atoms with Crippen LogP contribution in [0.5, 0.6) is 5.75 Å². The third kappa shape index (κ3) is 6.22. The first-order chi connectivity index (χ1) is 10.5. The number of carbonyl (C=O) groups excluding carboxylic acids is 1. The zero-order valence-corrected chi connectivity index (χ0v) is 15.7. The fourth-order valence-electron chi connectivity index (χ4n) is 2.69. The maximum Gasteiger partial charge on any atom is 0.234 e. The molecule has 0 heterocycles. The van der Waals surface area contributed by atoms with E-state index in [-0.39, 0.29) is 11.4 Å². The van der Waals surface area contributed by atoms with Crippen LogP contribution in [-0.2, 0) is 11.3 Å². The van der Waals surface area contributed by atoms with E-state index in [1.165, 1.54) is 5.56 Å². The van der Waals surface area contributed by atoms with Gasteiger partial charge >= 0.3 is 0 Å². The number of hydrogen-bond donors (Lipinski definition) is 2. The number of aromatic hydroxyl groups is 1. The first-order valence-electron chi connectivity index (χ1n) is 8.39. The first-order valence-corrected chi connectivity index (χ1v) is 8.39. The molecule has 4 nitrogen and oxygen atoms in total. The molecule has 0 radical (unpaired) electrons. The molecule has 4 heteroatoms. The van der Waals surface area contributed by atoms with E-state index in [4.69, 9.17) is 0 Å². The first kappa shape index (κ1) is 19.5. The van der Waals surface area contributed by atoms with Crippen molar-refractivity contribution < 1.29 is 9.90 Å². The number of benzene rings is 1. The lowest BCUT2D eigenvalue weighted by Crippen LogP contribution is -2.45. The molecule has 23 heavy (non-hydrogen) atoms. The van der Waals surface area contributed by atoms with Crippen molar-refractivity contribution in [1.29, 1.82) is 0 Å². The van der Waals surface area contributed by atoms with Gasteiger partial charge in [0.2, 0.25) is 5.91 Å². The van der Waals surface area contributed by atoms with Crippen molar-refractivity contribution >= 4 is 5.91 Å². The van der Waals surface area contributed by atoms with E-state index in [2.05, 4.69) is 25.2 Å². The van der Waals surface area contributed by atoms with Crippen LogP contribution in [0, 0.1) is 6.92 Å². The van der Waals surface area contributed by atoms with Gasteiger partial charge < -0.3 is 10.4 Å². The summed E-state index contributed by atoms with van der Waals surface area (Å²) >= 11 is 0. The van der Waals surface area contributed by atoms with Gasteiger partial charge in [-0.2, -0.15) is 0 Å². The van der Waals surface area contributed by atoms with Crippen LogP contribution >= 0.6 is 0 Å². The molecule has 0 aliphatic rings. The lowest BCUT2D eigenvalue weighted by Gasteiger charge is -2.25. The fourth-order valence-corrected chi connectivity index (χ4v) is 2.69. The standard InChI is InChI=1S/C19H32N2O2/c1-8-21(12-18(23)20-19(5,6)7)11-15-10-16(13(2)3)14(4)9-17(15)22/h9-10,13,22H,8,11-12H2,1-7H3,(H,20,23). The molecular formula is C19H32N2O2. The van der Waals surface area contributed by atoms with Crippen LogP contribution in [0.1, 0.15) is 64.2 Å². The Balaban J connectivity index is 2.87. The van der Waals surface area contributed by atoms with Crippen molar-refractivity contribution in [2.24, 2.45) is 0 Å². The van der Waals surface area contributed by atoms with Gasteiger partial charge in [-0.15, -0.1) is 0 Å². The number of carbonyl (C=O) groups is 1. The zero-order valence-electron chi connectivity index (χ0n) is 15.7. The largest absolute Gasteiger partial charge is 0.508 e. The van der Waals surface area contributed by atoms with Gasteiger partial charge in [-0.25, -0.2) is 0 Å². The minimum atomic E-state index is -0.229. The number of likely N-dealkylation sites (N-methyl/N-ethyl adjacent to an activating group) is 1. The topological polar surface area (TPSA) is 52.6 Å². The maximum absolute atomic E-state index is 12.1. The Kier molecular flexibility index (Phi) is 6.63. The van der Waals surface area contributed by atoms with E-state index in [1.807, 2.05) is 45.6 Å². The van der Waals surface area contributed by atoms with Gasteiger partial charge in [0, 0.05) is 17.6 Å². The molecule has 1 amide bonds. The van der Waals surface area contributed by atoms with Gasteiger partial charge in [0.1, 0.15) is 5.75 Å². The predicted octanol–water partition coefficient (Wildman–Crippen LogP) is 3.56. The minimum Gasteiger partial charge on any atom is -0.508 e. The van der Waals surface area contributed by atoms with Crippen LogP contribution in [0.25, 0.3) is 0 Å². The average Bonchev–Trinajstić information content (AvgIpc) is 2.38. The van der Waals surface area contributed by atoms with Crippen LogP contribution in [0.4, 0.5) is 0 Å². The average molecular weight is 320 g/mol. The van der Waals surface area contributed by atoms with Gasteiger partial charge in [-0.1, -0.05) is 26.8 Å². The van der Waals surface area contributed by atoms with Crippen LogP contribution in [-0.4, -0.2) is 34.5 Å². The maximum atomic E-state index is 12.1. The summed E-state index contributed by atoms with van der Waals surface area (Å²) < 4.78 is 0. The van der Waals surface area contributed by atoms with Crippen molar-refractivity contribution in [2.75, 3.05) is 13.1 Å². The number of hydrogen-bond acceptors (Lipinski definition) is 3. The summed E-state index contributed by atoms with van der Waals surface area (Å²) in [5, 5.41) is 13.2. The highest BCUT2D eigenvalue weighted by Gasteiger charge is 2.18. The number of amides is 1. The molecule has 0 fully saturated rings. The smallest absolute Gasteiger partial charge is 0.234 e. The van der Waals surface area contributed by atoms with Gasteiger partial charge in [-0.3, -0.25) is 9.69 Å². The van der Waals surface area contributed by atoms with E-state index >= 15 is 0 Å². The molecular weight excluding hydrogens is 288 g/mol. The minimum absolute atomic E-state index is 0.00929. The summed E-state index contributed by atoms with van der Waals surface area (Å²) in [4.78, 5) is 14.2. The molecule has 1 aromatic carbocycles. The Labute approximate surface area is 140 Å². The summed E-state index contributed by atoms with van der Waals surface area (Å²) in [5.74, 6) is 0.727. The van der Waals surface area contributed by atoms with Gasteiger partial charge in [-0.05, 0) is 57.4 Å². The van der Waals surface area contributed by atoms with E-state index in [9.17, 15) is 9.90 Å². The van der Waals surface area contributed by atoms with Crippen molar-refractivity contribution in [3.05, 3.63) is 28.8 Å². The Bertz CT molecular complexity index is 545. The van der Waals surface area contributed by atoms with E-state index in [0.717, 1.165) is 17.7 Å². The molecule has 2 N–H and O–H groups in total. The van der Waals surface area contributed by atoms with Gasteiger partial charge in [0.05, 0.1) is 6.54 Å². The van der Waals surface area contributed by atoms with Crippen molar-refractivity contribution in [3.63, 3.8) is 0 Å². The number of phenols is 1. The molecule has 0 aliphatic heterocycles. The van der Waals surface area contributed by atoms with Crippen molar-refractivity contribution in [3.8, 4) is 5.75 Å². The van der Waals surface area contributed by atoms with E-state index in [1.54, 1.807) is 0 Å². The summed E-state index contributed by atoms with van der Waals surface area (Å²) in [5.41, 5.74) is 3.00. The number of nitrogens with one attached hydrogen (secondary N) is 1. The van der Waals surface area contributed by atoms with Crippen molar-refractivity contribution in [1.82, 2.24) is 10.2 Å². The number of rotatable bonds is 6. The monoisotopic (exact) mass is 320 g/mol. The Morgan fingerprint density at radius 1 is 1.30 bits per heavy atom. The molecule has 0 aromatic heterocycles. The third-order valence-electron chi connectivity index (χ3n) is 3.81. The number of phenolic OH excluding ortho intramolecular Hbond substituents is 1.